The summed E-state index contributed by atoms with van der Waals surface area (Å²) in [5.41, 5.74) is 0.397. The Morgan fingerprint density at radius 1 is 1.62 bits per heavy atom. The minimum atomic E-state index is -0.515. The molecule has 0 aliphatic rings. The summed E-state index contributed by atoms with van der Waals surface area (Å²) >= 11 is 3.04. The van der Waals surface area contributed by atoms with Crippen LogP contribution in [-0.2, 0) is 0 Å². The number of nitro groups is 1. The first-order valence-corrected chi connectivity index (χ1v) is 4.06. The Morgan fingerprint density at radius 3 is 2.85 bits per heavy atom. The molecule has 0 unspecified atom stereocenters. The van der Waals surface area contributed by atoms with Gasteiger partial charge in [0.05, 0.1) is 11.1 Å². The second-order valence-electron chi connectivity index (χ2n) is 2.18. The summed E-state index contributed by atoms with van der Waals surface area (Å²) in [5, 5.41) is 21.5. The van der Waals surface area contributed by atoms with Crippen molar-refractivity contribution in [2.24, 2.45) is 5.16 Å². The van der Waals surface area contributed by atoms with Gasteiger partial charge in [-0.05, 0) is 15.9 Å². The fourth-order valence-electron chi connectivity index (χ4n) is 0.840. The Hall–Kier alpha value is -1.43. The van der Waals surface area contributed by atoms with E-state index in [0.717, 1.165) is 6.21 Å². The molecule has 6 heteroatoms. The van der Waals surface area contributed by atoms with E-state index >= 15 is 0 Å². The van der Waals surface area contributed by atoms with Gasteiger partial charge >= 0.3 is 0 Å². The molecular formula is C7H5BrN2O3. The quantitative estimate of drug-likeness (QED) is 0.375. The maximum Gasteiger partial charge on any atom is 0.284 e. The van der Waals surface area contributed by atoms with Crippen molar-refractivity contribution in [3.8, 4) is 0 Å². The van der Waals surface area contributed by atoms with Crippen LogP contribution in [0, 0.1) is 10.1 Å². The summed E-state index contributed by atoms with van der Waals surface area (Å²) in [5.74, 6) is 0. The molecule has 1 rings (SSSR count). The first-order chi connectivity index (χ1) is 6.16. The summed E-state index contributed by atoms with van der Waals surface area (Å²) in [4.78, 5) is 9.93. The van der Waals surface area contributed by atoms with E-state index < -0.39 is 4.92 Å². The van der Waals surface area contributed by atoms with Gasteiger partial charge in [0, 0.05) is 11.6 Å². The molecule has 0 fully saturated rings. The summed E-state index contributed by atoms with van der Waals surface area (Å²) in [6.07, 6.45) is 1.12. The Labute approximate surface area is 82.0 Å². The molecule has 68 valence electrons. The Balaban J connectivity index is 3.26. The second-order valence-corrected chi connectivity index (χ2v) is 2.98. The number of nitro benzene ring substituents is 1. The average molecular weight is 245 g/mol. The number of nitrogens with zero attached hydrogens (tertiary/aromatic N) is 2. The maximum absolute atomic E-state index is 10.4. The topological polar surface area (TPSA) is 75.7 Å². The van der Waals surface area contributed by atoms with Crippen LogP contribution in [0.1, 0.15) is 5.56 Å². The first kappa shape index (κ1) is 9.66. The third kappa shape index (κ3) is 2.03. The monoisotopic (exact) mass is 244 g/mol. The molecule has 0 spiro atoms. The van der Waals surface area contributed by atoms with Crippen LogP contribution in [0.25, 0.3) is 0 Å². The van der Waals surface area contributed by atoms with E-state index in [4.69, 9.17) is 5.21 Å². The molecule has 1 N–H and O–H groups in total. The zero-order valence-electron chi connectivity index (χ0n) is 6.35. The molecule has 0 bridgehead atoms. The molecule has 13 heavy (non-hydrogen) atoms. The number of benzene rings is 1. The van der Waals surface area contributed by atoms with Crippen molar-refractivity contribution in [3.63, 3.8) is 0 Å². The highest BCUT2D eigenvalue weighted by atomic mass is 79.9. The van der Waals surface area contributed by atoms with Gasteiger partial charge in [-0.15, -0.1) is 0 Å². The molecule has 0 atom stereocenters. The largest absolute Gasteiger partial charge is 0.411 e. The molecule has 0 amide bonds. The first-order valence-electron chi connectivity index (χ1n) is 3.27. The lowest BCUT2D eigenvalue weighted by Crippen LogP contribution is -1.92. The number of hydrogen-bond acceptors (Lipinski definition) is 4. The van der Waals surface area contributed by atoms with Gasteiger partial charge < -0.3 is 5.21 Å². The molecule has 5 nitrogen and oxygen atoms in total. The highest BCUT2D eigenvalue weighted by Crippen LogP contribution is 2.26. The molecular weight excluding hydrogens is 240 g/mol. The fourth-order valence-corrected chi connectivity index (χ4v) is 1.35. The van der Waals surface area contributed by atoms with Gasteiger partial charge in [-0.25, -0.2) is 0 Å². The van der Waals surface area contributed by atoms with Crippen molar-refractivity contribution in [2.75, 3.05) is 0 Å². The highest BCUT2D eigenvalue weighted by molar-refractivity contribution is 9.10. The lowest BCUT2D eigenvalue weighted by Gasteiger charge is -1.97. The van der Waals surface area contributed by atoms with Crippen molar-refractivity contribution in [1.29, 1.82) is 0 Å². The van der Waals surface area contributed by atoms with Crippen molar-refractivity contribution in [1.82, 2.24) is 0 Å². The number of halogens is 1. The van der Waals surface area contributed by atoms with E-state index in [1.54, 1.807) is 6.07 Å². The Morgan fingerprint density at radius 2 is 2.31 bits per heavy atom. The fraction of sp³-hybridized carbons (Fsp3) is 0. The van der Waals surface area contributed by atoms with Crippen LogP contribution in [-0.4, -0.2) is 16.3 Å². The van der Waals surface area contributed by atoms with E-state index in [1.807, 2.05) is 0 Å². The van der Waals surface area contributed by atoms with E-state index in [0.29, 0.717) is 10.0 Å². The molecule has 0 saturated heterocycles. The normalized spacial score (nSPS) is 10.5. The van der Waals surface area contributed by atoms with Crippen LogP contribution >= 0.6 is 15.9 Å². The van der Waals surface area contributed by atoms with Crippen LogP contribution in [0.4, 0.5) is 5.69 Å². The summed E-state index contributed by atoms with van der Waals surface area (Å²) in [6.45, 7) is 0. The third-order valence-electron chi connectivity index (χ3n) is 1.40. The van der Waals surface area contributed by atoms with Gasteiger partial charge in [0.1, 0.15) is 4.47 Å². The highest BCUT2D eigenvalue weighted by Gasteiger charge is 2.13. The van der Waals surface area contributed by atoms with E-state index in [9.17, 15) is 10.1 Å². The van der Waals surface area contributed by atoms with E-state index in [2.05, 4.69) is 21.1 Å². The van der Waals surface area contributed by atoms with Crippen molar-refractivity contribution in [3.05, 3.63) is 38.3 Å². The average Bonchev–Trinajstić information content (AvgIpc) is 2.08. The Kier molecular flexibility index (Phi) is 2.97. The Bertz CT molecular complexity index is 365. The predicted molar refractivity (Wildman–Crippen MR) is 50.2 cm³/mol. The lowest BCUT2D eigenvalue weighted by atomic mass is 10.2. The minimum absolute atomic E-state index is 0.0580. The smallest absolute Gasteiger partial charge is 0.284 e. The second kappa shape index (κ2) is 3.99. The molecule has 0 heterocycles. The van der Waals surface area contributed by atoms with Gasteiger partial charge in [0.2, 0.25) is 0 Å². The van der Waals surface area contributed by atoms with Gasteiger partial charge in [-0.3, -0.25) is 10.1 Å². The van der Waals surface area contributed by atoms with Crippen molar-refractivity contribution < 1.29 is 10.1 Å². The van der Waals surface area contributed by atoms with Crippen molar-refractivity contribution >= 4 is 27.8 Å². The van der Waals surface area contributed by atoms with Crippen LogP contribution in [0.2, 0.25) is 0 Å². The molecule has 0 aromatic heterocycles. The zero-order chi connectivity index (χ0) is 9.84. The van der Waals surface area contributed by atoms with Crippen LogP contribution in [0.15, 0.2) is 27.8 Å². The SMILES string of the molecule is O=[N+]([O-])c1cccc(C=NO)c1Br. The predicted octanol–water partition coefficient (Wildman–Crippen LogP) is 2.17. The molecule has 0 aliphatic carbocycles. The molecule has 0 aliphatic heterocycles. The maximum atomic E-state index is 10.4. The van der Waals surface area contributed by atoms with Crippen LogP contribution < -0.4 is 0 Å². The van der Waals surface area contributed by atoms with E-state index in [-0.39, 0.29) is 5.69 Å². The lowest BCUT2D eigenvalue weighted by molar-refractivity contribution is -0.385. The van der Waals surface area contributed by atoms with Gasteiger partial charge in [-0.2, -0.15) is 0 Å². The molecule has 0 saturated carbocycles. The van der Waals surface area contributed by atoms with Crippen molar-refractivity contribution in [2.45, 2.75) is 0 Å². The van der Waals surface area contributed by atoms with E-state index in [1.165, 1.54) is 12.1 Å². The van der Waals surface area contributed by atoms with Gasteiger partial charge in [-0.1, -0.05) is 17.3 Å². The number of rotatable bonds is 2. The zero-order valence-corrected chi connectivity index (χ0v) is 7.93. The summed E-state index contributed by atoms with van der Waals surface area (Å²) < 4.78 is 0.304. The van der Waals surface area contributed by atoms with Crippen LogP contribution in [0.5, 0.6) is 0 Å². The van der Waals surface area contributed by atoms with Crippen LogP contribution in [0.3, 0.4) is 0 Å². The van der Waals surface area contributed by atoms with Gasteiger partial charge in [0.15, 0.2) is 0 Å². The number of oxime groups is 1. The summed E-state index contributed by atoms with van der Waals surface area (Å²) in [6, 6.07) is 4.47. The third-order valence-corrected chi connectivity index (χ3v) is 2.27. The van der Waals surface area contributed by atoms with Gasteiger partial charge in [0.25, 0.3) is 5.69 Å². The molecule has 1 aromatic rings. The number of hydrogen-bond donors (Lipinski definition) is 1. The molecule has 0 radical (unpaired) electrons. The standard InChI is InChI=1S/C7H5BrN2O3/c8-7-5(4-9-11)2-1-3-6(7)10(12)13/h1-4,11H. The minimum Gasteiger partial charge on any atom is -0.411 e. The molecule has 1 aromatic carbocycles. The summed E-state index contributed by atoms with van der Waals surface area (Å²) in [7, 11) is 0.